The molecule has 0 spiro atoms. The van der Waals surface area contributed by atoms with Crippen LogP contribution in [0.5, 0.6) is 0 Å². The highest BCUT2D eigenvalue weighted by Gasteiger charge is 2.14. The van der Waals surface area contributed by atoms with Gasteiger partial charge in [-0.25, -0.2) is 4.98 Å². The molecule has 0 bridgehead atoms. The van der Waals surface area contributed by atoms with Crippen LogP contribution in [0.25, 0.3) is 0 Å². The minimum Gasteiger partial charge on any atom is -0.352 e. The van der Waals surface area contributed by atoms with Crippen molar-refractivity contribution in [2.75, 3.05) is 0 Å². The van der Waals surface area contributed by atoms with E-state index in [9.17, 15) is 4.79 Å². The largest absolute Gasteiger partial charge is 0.352 e. The normalized spacial score (nSPS) is 14.6. The molecule has 1 rings (SSSR count). The number of rotatable bonds is 6. The summed E-state index contributed by atoms with van der Waals surface area (Å²) in [4.78, 5) is 15.6. The fraction of sp³-hybridized carbons (Fsp3) is 0.667. The highest BCUT2D eigenvalue weighted by atomic mass is 16.1. The molecule has 2 unspecified atom stereocenters. The monoisotopic (exact) mass is 238 g/mol. The van der Waals surface area contributed by atoms with E-state index < -0.39 is 0 Å². The lowest BCUT2D eigenvalue weighted by Gasteiger charge is -2.18. The topological polar surface area (TPSA) is 72.9 Å². The Bertz CT molecular complexity index is 334. The third kappa shape index (κ3) is 4.99. The molecule has 5 heteroatoms. The van der Waals surface area contributed by atoms with Gasteiger partial charge in [0.05, 0.1) is 6.33 Å². The Morgan fingerprint density at radius 1 is 1.47 bits per heavy atom. The Hall–Kier alpha value is -1.36. The first-order chi connectivity index (χ1) is 7.99. The van der Waals surface area contributed by atoms with Crippen molar-refractivity contribution in [1.29, 1.82) is 0 Å². The van der Waals surface area contributed by atoms with E-state index in [2.05, 4.69) is 10.3 Å². The van der Waals surface area contributed by atoms with E-state index in [0.717, 1.165) is 6.54 Å². The fourth-order valence-electron chi connectivity index (χ4n) is 1.54. The summed E-state index contributed by atoms with van der Waals surface area (Å²) in [5.74, 6) is 0.337. The average Bonchev–Trinajstić information content (AvgIpc) is 2.69. The minimum atomic E-state index is -0.0737. The number of imidazole rings is 1. The number of nitrogens with one attached hydrogen (secondary N) is 1. The Morgan fingerprint density at radius 2 is 2.18 bits per heavy atom. The van der Waals surface area contributed by atoms with Crippen molar-refractivity contribution in [1.82, 2.24) is 14.9 Å². The number of carbonyl (C=O) groups excluding carboxylic acids is 1. The van der Waals surface area contributed by atoms with Gasteiger partial charge in [-0.1, -0.05) is 13.8 Å². The molecule has 17 heavy (non-hydrogen) atoms. The number of hydrogen-bond donors (Lipinski definition) is 2. The zero-order valence-corrected chi connectivity index (χ0v) is 10.8. The SMILES string of the molecule is CC(Cn1ccnc1)NC(=O)CC(N)C(C)C. The van der Waals surface area contributed by atoms with Gasteiger partial charge in [-0.3, -0.25) is 4.79 Å². The van der Waals surface area contributed by atoms with E-state index in [1.54, 1.807) is 12.5 Å². The predicted octanol–water partition coefficient (Wildman–Crippen LogP) is 0.761. The second-order valence-corrected chi connectivity index (χ2v) is 4.84. The van der Waals surface area contributed by atoms with Gasteiger partial charge in [-0.05, 0) is 12.8 Å². The maximum atomic E-state index is 11.7. The van der Waals surface area contributed by atoms with Gasteiger partial charge in [-0.2, -0.15) is 0 Å². The maximum Gasteiger partial charge on any atom is 0.221 e. The number of nitrogens with zero attached hydrogens (tertiary/aromatic N) is 2. The van der Waals surface area contributed by atoms with Crippen LogP contribution >= 0.6 is 0 Å². The van der Waals surface area contributed by atoms with Crippen molar-refractivity contribution < 1.29 is 4.79 Å². The van der Waals surface area contributed by atoms with Crippen molar-refractivity contribution in [3.05, 3.63) is 18.7 Å². The van der Waals surface area contributed by atoms with Crippen LogP contribution in [0.2, 0.25) is 0 Å². The summed E-state index contributed by atoms with van der Waals surface area (Å²) in [7, 11) is 0. The first-order valence-electron chi connectivity index (χ1n) is 5.99. The van der Waals surface area contributed by atoms with E-state index >= 15 is 0 Å². The van der Waals surface area contributed by atoms with Crippen LogP contribution in [-0.4, -0.2) is 27.5 Å². The number of carbonyl (C=O) groups is 1. The van der Waals surface area contributed by atoms with Crippen LogP contribution in [0, 0.1) is 5.92 Å². The maximum absolute atomic E-state index is 11.7. The third-order valence-electron chi connectivity index (χ3n) is 2.73. The molecule has 0 aliphatic heterocycles. The van der Waals surface area contributed by atoms with E-state index in [4.69, 9.17) is 5.73 Å². The van der Waals surface area contributed by atoms with Gasteiger partial charge in [0, 0.05) is 37.4 Å². The number of nitrogens with two attached hydrogens (primary N) is 1. The molecule has 5 nitrogen and oxygen atoms in total. The van der Waals surface area contributed by atoms with Crippen molar-refractivity contribution in [2.45, 2.75) is 45.8 Å². The lowest BCUT2D eigenvalue weighted by molar-refractivity contribution is -0.122. The fourth-order valence-corrected chi connectivity index (χ4v) is 1.54. The summed E-state index contributed by atoms with van der Waals surface area (Å²) in [5.41, 5.74) is 5.85. The molecule has 1 aromatic rings. The molecule has 1 amide bonds. The van der Waals surface area contributed by atoms with Crippen molar-refractivity contribution in [3.63, 3.8) is 0 Å². The van der Waals surface area contributed by atoms with Crippen LogP contribution in [0.3, 0.4) is 0 Å². The van der Waals surface area contributed by atoms with Gasteiger partial charge in [0.2, 0.25) is 5.91 Å². The van der Waals surface area contributed by atoms with Gasteiger partial charge in [0.1, 0.15) is 0 Å². The van der Waals surface area contributed by atoms with E-state index in [-0.39, 0.29) is 18.0 Å². The molecule has 0 saturated heterocycles. The molecular weight excluding hydrogens is 216 g/mol. The molecule has 96 valence electrons. The third-order valence-corrected chi connectivity index (χ3v) is 2.73. The Kier molecular flexibility index (Phi) is 5.15. The zero-order chi connectivity index (χ0) is 12.8. The predicted molar refractivity (Wildman–Crippen MR) is 67.3 cm³/mol. The highest BCUT2D eigenvalue weighted by molar-refractivity contribution is 5.76. The summed E-state index contributed by atoms with van der Waals surface area (Å²) in [6.07, 6.45) is 5.72. The smallest absolute Gasteiger partial charge is 0.221 e. The Balaban J connectivity index is 2.31. The van der Waals surface area contributed by atoms with E-state index in [0.29, 0.717) is 12.3 Å². The molecule has 0 saturated carbocycles. The van der Waals surface area contributed by atoms with Crippen LogP contribution in [0.15, 0.2) is 18.7 Å². The Morgan fingerprint density at radius 3 is 2.71 bits per heavy atom. The zero-order valence-electron chi connectivity index (χ0n) is 10.8. The summed E-state index contributed by atoms with van der Waals surface area (Å²) < 4.78 is 1.94. The van der Waals surface area contributed by atoms with Crippen LogP contribution in [0.1, 0.15) is 27.2 Å². The van der Waals surface area contributed by atoms with Gasteiger partial charge in [0.25, 0.3) is 0 Å². The summed E-state index contributed by atoms with van der Waals surface area (Å²) in [6, 6.07) is 0.00603. The molecule has 3 N–H and O–H groups in total. The van der Waals surface area contributed by atoms with Gasteiger partial charge >= 0.3 is 0 Å². The molecule has 0 aliphatic carbocycles. The first kappa shape index (κ1) is 13.7. The summed E-state index contributed by atoms with van der Waals surface area (Å²) in [6.45, 7) is 6.74. The lowest BCUT2D eigenvalue weighted by Crippen LogP contribution is -2.40. The van der Waals surface area contributed by atoms with Crippen molar-refractivity contribution >= 4 is 5.91 Å². The van der Waals surface area contributed by atoms with Crippen LogP contribution in [-0.2, 0) is 11.3 Å². The molecule has 1 aromatic heterocycles. The summed E-state index contributed by atoms with van der Waals surface area (Å²) in [5, 5.41) is 2.94. The number of hydrogen-bond acceptors (Lipinski definition) is 3. The standard InChI is InChI=1S/C12H22N4O/c1-9(2)11(13)6-12(17)15-10(3)7-16-5-4-14-8-16/h4-5,8-11H,6-7,13H2,1-3H3,(H,15,17). The van der Waals surface area contributed by atoms with Gasteiger partial charge in [-0.15, -0.1) is 0 Å². The molecule has 2 atom stereocenters. The second kappa shape index (κ2) is 6.39. The van der Waals surface area contributed by atoms with Gasteiger partial charge < -0.3 is 15.6 Å². The highest BCUT2D eigenvalue weighted by Crippen LogP contribution is 2.03. The number of aromatic nitrogens is 2. The lowest BCUT2D eigenvalue weighted by atomic mass is 10.0. The molecule has 0 fully saturated rings. The van der Waals surface area contributed by atoms with Crippen molar-refractivity contribution in [3.8, 4) is 0 Å². The Labute approximate surface area is 102 Å². The molecular formula is C12H22N4O. The van der Waals surface area contributed by atoms with Gasteiger partial charge in [0.15, 0.2) is 0 Å². The van der Waals surface area contributed by atoms with E-state index in [1.807, 2.05) is 31.5 Å². The quantitative estimate of drug-likeness (QED) is 0.768. The molecule has 0 radical (unpaired) electrons. The molecule has 0 aliphatic rings. The second-order valence-electron chi connectivity index (χ2n) is 4.84. The number of amides is 1. The van der Waals surface area contributed by atoms with E-state index in [1.165, 1.54) is 0 Å². The first-order valence-corrected chi connectivity index (χ1v) is 5.99. The minimum absolute atomic E-state index is 0.0128. The molecule has 1 heterocycles. The van der Waals surface area contributed by atoms with Crippen LogP contribution < -0.4 is 11.1 Å². The van der Waals surface area contributed by atoms with Crippen LogP contribution in [0.4, 0.5) is 0 Å². The average molecular weight is 238 g/mol. The van der Waals surface area contributed by atoms with Crippen molar-refractivity contribution in [2.24, 2.45) is 11.7 Å². The molecule has 0 aromatic carbocycles. The summed E-state index contributed by atoms with van der Waals surface area (Å²) >= 11 is 0.